The van der Waals surface area contributed by atoms with Crippen molar-refractivity contribution in [3.05, 3.63) is 75.6 Å². The van der Waals surface area contributed by atoms with Crippen LogP contribution in [0.15, 0.2) is 41.2 Å². The Morgan fingerprint density at radius 2 is 1.88 bits per heavy atom. The highest BCUT2D eigenvalue weighted by Gasteiger charge is 2.14. The number of fused-ring (bicyclic) bond motifs is 1. The van der Waals surface area contributed by atoms with Gasteiger partial charge in [-0.2, -0.15) is 0 Å². The summed E-state index contributed by atoms with van der Waals surface area (Å²) in [7, 11) is 0. The second kappa shape index (κ2) is 6.99. The van der Waals surface area contributed by atoms with E-state index in [0.717, 1.165) is 28.9 Å². The highest BCUT2D eigenvalue weighted by Crippen LogP contribution is 2.12. The summed E-state index contributed by atoms with van der Waals surface area (Å²) < 4.78 is 40.5. The minimum Gasteiger partial charge on any atom is -0.273 e. The van der Waals surface area contributed by atoms with E-state index in [1.54, 1.807) is 6.92 Å². The van der Waals surface area contributed by atoms with Gasteiger partial charge in [0.1, 0.15) is 11.6 Å². The van der Waals surface area contributed by atoms with Gasteiger partial charge in [0.15, 0.2) is 11.6 Å². The molecule has 0 saturated carbocycles. The largest absolute Gasteiger partial charge is 0.280 e. The fourth-order valence-electron chi connectivity index (χ4n) is 2.56. The molecule has 134 valence electrons. The first-order valence-electron chi connectivity index (χ1n) is 7.84. The molecule has 1 N–H and O–H groups in total. The van der Waals surface area contributed by atoms with Crippen molar-refractivity contribution < 1.29 is 18.0 Å². The van der Waals surface area contributed by atoms with Crippen LogP contribution in [0.3, 0.4) is 0 Å². The number of nitrogens with zero attached hydrogens (tertiary/aromatic N) is 2. The molecule has 0 aliphatic heterocycles. The number of carbonyl (C=O) groups excluding carboxylic acids is 1. The maximum atomic E-state index is 13.3. The lowest BCUT2D eigenvalue weighted by Crippen LogP contribution is -2.37. The fourth-order valence-corrected chi connectivity index (χ4v) is 2.56. The molecule has 0 aliphatic carbocycles. The summed E-state index contributed by atoms with van der Waals surface area (Å²) in [5.41, 5.74) is 2.31. The van der Waals surface area contributed by atoms with E-state index in [-0.39, 0.29) is 28.7 Å². The van der Waals surface area contributed by atoms with Crippen molar-refractivity contribution in [3.8, 4) is 0 Å². The van der Waals surface area contributed by atoms with Crippen molar-refractivity contribution in [3.63, 3.8) is 0 Å². The Kier molecular flexibility index (Phi) is 4.75. The number of nitrogens with one attached hydrogen (secondary N) is 1. The molecule has 8 heteroatoms. The van der Waals surface area contributed by atoms with Crippen molar-refractivity contribution >= 4 is 16.8 Å². The molecule has 5 nitrogen and oxygen atoms in total. The van der Waals surface area contributed by atoms with Crippen LogP contribution in [0.4, 0.5) is 13.2 Å². The first-order valence-corrected chi connectivity index (χ1v) is 7.84. The van der Waals surface area contributed by atoms with Gasteiger partial charge in [0.25, 0.3) is 5.56 Å². The zero-order chi connectivity index (χ0) is 18.8. The van der Waals surface area contributed by atoms with Gasteiger partial charge in [0.05, 0.1) is 17.3 Å². The van der Waals surface area contributed by atoms with Gasteiger partial charge >= 0.3 is 0 Å². The summed E-state index contributed by atoms with van der Waals surface area (Å²) in [5.74, 6) is -2.95. The van der Waals surface area contributed by atoms with Gasteiger partial charge in [0, 0.05) is 12.5 Å². The van der Waals surface area contributed by atoms with E-state index in [1.807, 2.05) is 0 Å². The van der Waals surface area contributed by atoms with E-state index in [9.17, 15) is 22.8 Å². The zero-order valence-electron chi connectivity index (χ0n) is 13.7. The normalized spacial score (nSPS) is 10.9. The quantitative estimate of drug-likeness (QED) is 0.777. The summed E-state index contributed by atoms with van der Waals surface area (Å²) >= 11 is 0. The number of halogens is 3. The Labute approximate surface area is 146 Å². The summed E-state index contributed by atoms with van der Waals surface area (Å²) in [4.78, 5) is 29.0. The molecule has 3 rings (SSSR count). The Morgan fingerprint density at radius 3 is 2.58 bits per heavy atom. The first kappa shape index (κ1) is 17.7. The van der Waals surface area contributed by atoms with Crippen LogP contribution in [0, 0.1) is 17.5 Å². The van der Waals surface area contributed by atoms with Crippen molar-refractivity contribution in [1.29, 1.82) is 0 Å². The number of rotatable bonds is 4. The summed E-state index contributed by atoms with van der Waals surface area (Å²) in [5, 5.41) is 0.150. The lowest BCUT2D eigenvalue weighted by molar-refractivity contribution is -0.116. The number of amides is 1. The number of hydrogen-bond donors (Lipinski definition) is 1. The van der Waals surface area contributed by atoms with Crippen LogP contribution in [0.5, 0.6) is 0 Å². The van der Waals surface area contributed by atoms with Crippen molar-refractivity contribution in [2.75, 3.05) is 5.43 Å². The van der Waals surface area contributed by atoms with Gasteiger partial charge < -0.3 is 0 Å². The van der Waals surface area contributed by atoms with Crippen molar-refractivity contribution in [2.45, 2.75) is 19.8 Å². The van der Waals surface area contributed by atoms with Gasteiger partial charge in [0.2, 0.25) is 5.91 Å². The highest BCUT2D eigenvalue weighted by atomic mass is 19.2. The Balaban J connectivity index is 1.93. The molecule has 0 radical (unpaired) electrons. The van der Waals surface area contributed by atoms with Crippen LogP contribution >= 0.6 is 0 Å². The molecule has 26 heavy (non-hydrogen) atoms. The van der Waals surface area contributed by atoms with Crippen LogP contribution < -0.4 is 11.0 Å². The van der Waals surface area contributed by atoms with Crippen LogP contribution in [-0.2, 0) is 17.6 Å². The molecule has 2 aromatic carbocycles. The van der Waals surface area contributed by atoms with E-state index in [1.165, 1.54) is 12.1 Å². The number of aryl methyl sites for hydroxylation is 1. The molecule has 0 spiro atoms. The maximum absolute atomic E-state index is 13.3. The molecule has 0 saturated heterocycles. The van der Waals surface area contributed by atoms with Gasteiger partial charge in [-0.1, -0.05) is 13.0 Å². The van der Waals surface area contributed by atoms with Crippen LogP contribution in [0.25, 0.3) is 10.9 Å². The molecule has 0 unspecified atom stereocenters. The minimum absolute atomic E-state index is 0.150. The second-order valence-electron chi connectivity index (χ2n) is 5.64. The second-order valence-corrected chi connectivity index (χ2v) is 5.64. The first-order chi connectivity index (χ1) is 12.4. The van der Waals surface area contributed by atoms with Crippen LogP contribution in [0.2, 0.25) is 0 Å². The highest BCUT2D eigenvalue weighted by molar-refractivity contribution is 5.86. The van der Waals surface area contributed by atoms with E-state index in [4.69, 9.17) is 0 Å². The monoisotopic (exact) mass is 361 g/mol. The smallest absolute Gasteiger partial charge is 0.273 e. The lowest BCUT2D eigenvalue weighted by Gasteiger charge is -2.13. The molecule has 1 heterocycles. The molecule has 1 aromatic heterocycles. The fraction of sp³-hybridized carbons (Fsp3) is 0.167. The summed E-state index contributed by atoms with van der Waals surface area (Å²) in [6.45, 7) is 1.73. The van der Waals surface area contributed by atoms with Crippen LogP contribution in [0.1, 0.15) is 18.3 Å². The van der Waals surface area contributed by atoms with E-state index >= 15 is 0 Å². The minimum atomic E-state index is -1.06. The van der Waals surface area contributed by atoms with Crippen molar-refractivity contribution in [1.82, 2.24) is 9.66 Å². The third kappa shape index (κ3) is 3.44. The third-order valence-corrected chi connectivity index (χ3v) is 3.80. The average molecular weight is 361 g/mol. The van der Waals surface area contributed by atoms with Gasteiger partial charge in [-0.3, -0.25) is 15.0 Å². The number of carbonyl (C=O) groups is 1. The van der Waals surface area contributed by atoms with E-state index < -0.39 is 28.9 Å². The zero-order valence-corrected chi connectivity index (χ0v) is 13.7. The Bertz CT molecular complexity index is 1060. The lowest BCUT2D eigenvalue weighted by atomic mass is 10.1. The predicted molar refractivity (Wildman–Crippen MR) is 89.8 cm³/mol. The topological polar surface area (TPSA) is 64.0 Å². The SMILES string of the molecule is CCc1nc2cc(F)ccc2c(=O)n1NC(=O)Cc1ccc(F)c(F)c1. The van der Waals surface area contributed by atoms with Crippen LogP contribution in [-0.4, -0.2) is 15.6 Å². The summed E-state index contributed by atoms with van der Waals surface area (Å²) in [6, 6.07) is 6.68. The molecule has 0 fully saturated rings. The molecular weight excluding hydrogens is 347 g/mol. The standard InChI is InChI=1S/C18H14F3N3O2/c1-2-16-22-15-9-11(19)4-5-12(15)18(26)24(16)23-17(25)8-10-3-6-13(20)14(21)7-10/h3-7,9H,2,8H2,1H3,(H,23,25). The number of benzene rings is 2. The van der Waals surface area contributed by atoms with Gasteiger partial charge in [-0.05, 0) is 29.8 Å². The molecule has 0 bridgehead atoms. The van der Waals surface area contributed by atoms with E-state index in [2.05, 4.69) is 10.4 Å². The molecule has 0 aliphatic rings. The van der Waals surface area contributed by atoms with Gasteiger partial charge in [-0.25, -0.2) is 22.8 Å². The molecular formula is C18H14F3N3O2. The van der Waals surface area contributed by atoms with E-state index in [0.29, 0.717) is 6.42 Å². The Hall–Kier alpha value is -3.16. The number of aromatic nitrogens is 2. The van der Waals surface area contributed by atoms with Gasteiger partial charge in [-0.15, -0.1) is 0 Å². The third-order valence-electron chi connectivity index (χ3n) is 3.80. The molecule has 1 amide bonds. The molecule has 0 atom stereocenters. The predicted octanol–water partition coefficient (Wildman–Crippen LogP) is 2.69. The summed E-state index contributed by atoms with van der Waals surface area (Å²) in [6.07, 6.45) is 0.0569. The number of hydrogen-bond acceptors (Lipinski definition) is 3. The van der Waals surface area contributed by atoms with Crippen molar-refractivity contribution in [2.24, 2.45) is 0 Å². The molecule has 3 aromatic rings. The average Bonchev–Trinajstić information content (AvgIpc) is 2.60. The maximum Gasteiger partial charge on any atom is 0.280 e. The Morgan fingerprint density at radius 1 is 1.12 bits per heavy atom.